The number of benzene rings is 2. The first-order valence-corrected chi connectivity index (χ1v) is 12.5. The van der Waals surface area contributed by atoms with Crippen molar-refractivity contribution in [1.29, 1.82) is 0 Å². The number of hydrogen-bond donors (Lipinski definition) is 0. The molecule has 1 fully saturated rings. The summed E-state index contributed by atoms with van der Waals surface area (Å²) in [6, 6.07) is 21.6. The van der Waals surface area contributed by atoms with Crippen LogP contribution in [0.5, 0.6) is 0 Å². The molecule has 0 spiro atoms. The van der Waals surface area contributed by atoms with Crippen molar-refractivity contribution in [2.75, 3.05) is 11.9 Å². The van der Waals surface area contributed by atoms with E-state index in [9.17, 15) is 0 Å². The average molecular weight is 433 g/mol. The summed E-state index contributed by atoms with van der Waals surface area (Å²) >= 11 is 3.50. The summed E-state index contributed by atoms with van der Waals surface area (Å²) in [6.07, 6.45) is 2.88. The van der Waals surface area contributed by atoms with Gasteiger partial charge in [0, 0.05) is 5.33 Å². The normalized spacial score (nSPS) is 20.2. The fraction of sp³-hybridized carbons (Fsp3) is 0.455. The fourth-order valence-electron chi connectivity index (χ4n) is 3.83. The van der Waals surface area contributed by atoms with Crippen LogP contribution >= 0.6 is 15.9 Å². The van der Waals surface area contributed by atoms with Crippen LogP contribution in [-0.4, -0.2) is 32.5 Å². The van der Waals surface area contributed by atoms with Crippen LogP contribution < -0.4 is 10.4 Å². The second kappa shape index (κ2) is 8.38. The highest BCUT2D eigenvalue weighted by molar-refractivity contribution is 9.09. The lowest BCUT2D eigenvalue weighted by Crippen LogP contribution is -2.66. The fourth-order valence-corrected chi connectivity index (χ4v) is 8.72. The number of ether oxygens (including phenoxy) is 1. The Kier molecular flexibility index (Phi) is 6.39. The molecule has 0 bridgehead atoms. The van der Waals surface area contributed by atoms with Crippen molar-refractivity contribution in [2.24, 2.45) is 0 Å². The highest BCUT2D eigenvalue weighted by Crippen LogP contribution is 2.38. The monoisotopic (exact) mass is 432 g/mol. The molecule has 0 aromatic heterocycles. The zero-order valence-corrected chi connectivity index (χ0v) is 18.5. The largest absolute Gasteiger partial charge is 0.405 e. The Hall–Kier alpha value is -0.943. The minimum absolute atomic E-state index is 0.0238. The molecule has 0 amide bonds. The van der Waals surface area contributed by atoms with Crippen LogP contribution in [0.15, 0.2) is 60.7 Å². The van der Waals surface area contributed by atoms with Crippen molar-refractivity contribution in [3.8, 4) is 0 Å². The summed E-state index contributed by atoms with van der Waals surface area (Å²) in [6.45, 7) is 7.63. The molecule has 0 aliphatic carbocycles. The van der Waals surface area contributed by atoms with Gasteiger partial charge in [0.15, 0.2) is 0 Å². The third-order valence-corrected chi connectivity index (χ3v) is 10.8. The minimum Gasteiger partial charge on any atom is -0.405 e. The molecule has 2 nitrogen and oxygen atoms in total. The van der Waals surface area contributed by atoms with Crippen molar-refractivity contribution >= 4 is 34.6 Å². The quantitative estimate of drug-likeness (QED) is 0.347. The summed E-state index contributed by atoms with van der Waals surface area (Å²) < 4.78 is 12.8. The smallest absolute Gasteiger partial charge is 0.261 e. The topological polar surface area (TPSA) is 21.8 Å². The highest BCUT2D eigenvalue weighted by atomic mass is 79.9. The first-order chi connectivity index (χ1) is 12.5. The number of alkyl halides is 1. The van der Waals surface area contributed by atoms with Crippen LogP contribution in [0.3, 0.4) is 0 Å². The molecular weight excluding hydrogens is 404 g/mol. The number of halogens is 1. The van der Waals surface area contributed by atoms with E-state index in [4.69, 9.17) is 9.16 Å². The number of hydrogen-bond acceptors (Lipinski definition) is 2. The van der Waals surface area contributed by atoms with Gasteiger partial charge in [0.1, 0.15) is 6.10 Å². The predicted octanol–water partition coefficient (Wildman–Crippen LogP) is 4.51. The van der Waals surface area contributed by atoms with E-state index < -0.39 is 8.32 Å². The van der Waals surface area contributed by atoms with Gasteiger partial charge < -0.3 is 9.16 Å². The van der Waals surface area contributed by atoms with Gasteiger partial charge in [-0.25, -0.2) is 0 Å². The van der Waals surface area contributed by atoms with Crippen molar-refractivity contribution in [3.05, 3.63) is 60.7 Å². The zero-order chi connectivity index (χ0) is 18.6. The van der Waals surface area contributed by atoms with E-state index in [1.165, 1.54) is 10.4 Å². The standard InChI is InChI=1S/C22H29BrO2Si/c1-22(2,3)26(18-11-6-4-7-12-18,19-13-8-5-9-14-19)24-17-21-20(25-21)15-10-16-23/h4-9,11-14,20-21H,10,15-17H2,1-3H3/t20-,21-/m1/s1. The summed E-state index contributed by atoms with van der Waals surface area (Å²) in [5.74, 6) is 0. The van der Waals surface area contributed by atoms with E-state index in [1.807, 2.05) is 0 Å². The summed E-state index contributed by atoms with van der Waals surface area (Å²) in [4.78, 5) is 0. The van der Waals surface area contributed by atoms with Gasteiger partial charge in [0.2, 0.25) is 0 Å². The van der Waals surface area contributed by atoms with Crippen molar-refractivity contribution < 1.29 is 9.16 Å². The molecule has 0 unspecified atom stereocenters. The minimum atomic E-state index is -2.42. The highest BCUT2D eigenvalue weighted by Gasteiger charge is 2.51. The Morgan fingerprint density at radius 2 is 1.46 bits per heavy atom. The van der Waals surface area contributed by atoms with Gasteiger partial charge in [-0.3, -0.25) is 0 Å². The third kappa shape index (κ3) is 4.14. The van der Waals surface area contributed by atoms with Gasteiger partial charge in [0.25, 0.3) is 8.32 Å². The molecule has 2 aromatic carbocycles. The van der Waals surface area contributed by atoms with E-state index in [0.29, 0.717) is 12.7 Å². The van der Waals surface area contributed by atoms with E-state index >= 15 is 0 Å². The van der Waals surface area contributed by atoms with Crippen molar-refractivity contribution in [2.45, 2.75) is 50.9 Å². The number of rotatable bonds is 8. The molecule has 1 aliphatic rings. The molecular formula is C22H29BrO2Si. The Balaban J connectivity index is 1.91. The van der Waals surface area contributed by atoms with Crippen molar-refractivity contribution in [3.63, 3.8) is 0 Å². The molecule has 2 atom stereocenters. The molecule has 26 heavy (non-hydrogen) atoms. The maximum atomic E-state index is 6.90. The SMILES string of the molecule is CC(C)(C)[Si](OC[C@H]1O[C@@H]1CCCBr)(c1ccccc1)c1ccccc1. The van der Waals surface area contributed by atoms with Crippen molar-refractivity contribution in [1.82, 2.24) is 0 Å². The third-order valence-electron chi connectivity index (χ3n) is 5.19. The summed E-state index contributed by atoms with van der Waals surface area (Å²) in [5, 5.41) is 3.72. The average Bonchev–Trinajstić information content (AvgIpc) is 3.39. The van der Waals surface area contributed by atoms with E-state index in [1.54, 1.807) is 0 Å². The second-order valence-electron chi connectivity index (χ2n) is 8.02. The first-order valence-electron chi connectivity index (χ1n) is 9.45. The molecule has 1 aliphatic heterocycles. The molecule has 0 N–H and O–H groups in total. The molecule has 1 heterocycles. The maximum absolute atomic E-state index is 6.90. The number of epoxide rings is 1. The van der Waals surface area contributed by atoms with Crippen LogP contribution in [0.2, 0.25) is 5.04 Å². The van der Waals surface area contributed by atoms with Gasteiger partial charge in [-0.1, -0.05) is 97.4 Å². The van der Waals surface area contributed by atoms with E-state index in [2.05, 4.69) is 97.4 Å². The molecule has 3 rings (SSSR count). The van der Waals surface area contributed by atoms with Crippen LogP contribution in [-0.2, 0) is 9.16 Å². The molecule has 0 radical (unpaired) electrons. The maximum Gasteiger partial charge on any atom is 0.261 e. The molecule has 140 valence electrons. The first kappa shape index (κ1) is 19.8. The van der Waals surface area contributed by atoms with E-state index in [-0.39, 0.29) is 11.1 Å². The molecule has 2 aromatic rings. The van der Waals surface area contributed by atoms with E-state index in [0.717, 1.165) is 18.2 Å². The van der Waals surface area contributed by atoms with Gasteiger partial charge >= 0.3 is 0 Å². The predicted molar refractivity (Wildman–Crippen MR) is 115 cm³/mol. The van der Waals surface area contributed by atoms with Crippen LogP contribution in [0.4, 0.5) is 0 Å². The Morgan fingerprint density at radius 3 is 1.92 bits per heavy atom. The van der Waals surface area contributed by atoms with Gasteiger partial charge in [-0.2, -0.15) is 0 Å². The Labute approximate surface area is 167 Å². The van der Waals surface area contributed by atoms with Gasteiger partial charge in [0.05, 0.1) is 12.7 Å². The lowest BCUT2D eigenvalue weighted by Gasteiger charge is -2.43. The lowest BCUT2D eigenvalue weighted by atomic mass is 10.2. The summed E-state index contributed by atoms with van der Waals surface area (Å²) in [7, 11) is -2.42. The summed E-state index contributed by atoms with van der Waals surface area (Å²) in [5.41, 5.74) is 0. The van der Waals surface area contributed by atoms with Gasteiger partial charge in [-0.05, 0) is 28.3 Å². The van der Waals surface area contributed by atoms with Crippen LogP contribution in [0, 0.1) is 0 Å². The lowest BCUT2D eigenvalue weighted by molar-refractivity contribution is 0.247. The Bertz CT molecular complexity index is 645. The molecule has 4 heteroatoms. The second-order valence-corrected chi connectivity index (χ2v) is 13.1. The van der Waals surface area contributed by atoms with Crippen LogP contribution in [0.1, 0.15) is 33.6 Å². The van der Waals surface area contributed by atoms with Gasteiger partial charge in [-0.15, -0.1) is 0 Å². The van der Waals surface area contributed by atoms with Crippen LogP contribution in [0.25, 0.3) is 0 Å². The molecule has 0 saturated carbocycles. The zero-order valence-electron chi connectivity index (χ0n) is 16.0. The Morgan fingerprint density at radius 1 is 0.923 bits per heavy atom. The molecule has 1 saturated heterocycles.